The molecule has 138 valence electrons. The summed E-state index contributed by atoms with van der Waals surface area (Å²) >= 11 is 5.63. The zero-order chi connectivity index (χ0) is 18.6. The molecule has 1 saturated heterocycles. The maximum atomic E-state index is 13.0. The highest BCUT2D eigenvalue weighted by Crippen LogP contribution is 2.36. The van der Waals surface area contributed by atoms with Crippen LogP contribution >= 0.6 is 11.6 Å². The number of nitrogens with zero attached hydrogens (tertiary/aromatic N) is 2. The highest BCUT2D eigenvalue weighted by molar-refractivity contribution is 6.30. The van der Waals surface area contributed by atoms with Gasteiger partial charge in [-0.05, 0) is 18.2 Å². The van der Waals surface area contributed by atoms with Gasteiger partial charge < -0.3 is 15.1 Å². The lowest BCUT2D eigenvalue weighted by Crippen LogP contribution is -2.50. The average molecular weight is 378 g/mol. The molecule has 9 heteroatoms. The molecular formula is C16H19ClF3N3O2. The number of anilines is 1. The van der Waals surface area contributed by atoms with Crippen LogP contribution in [0.2, 0.25) is 5.02 Å². The van der Waals surface area contributed by atoms with Crippen LogP contribution in [-0.4, -0.2) is 54.3 Å². The Morgan fingerprint density at radius 2 is 1.76 bits per heavy atom. The molecule has 1 N–H and O–H groups in total. The summed E-state index contributed by atoms with van der Waals surface area (Å²) in [5.41, 5.74) is -0.964. The second-order valence-electron chi connectivity index (χ2n) is 5.75. The number of benzene rings is 1. The van der Waals surface area contributed by atoms with E-state index in [1.165, 1.54) is 19.1 Å². The summed E-state index contributed by atoms with van der Waals surface area (Å²) in [6.07, 6.45) is -4.46. The summed E-state index contributed by atoms with van der Waals surface area (Å²) in [7, 11) is 0. The van der Waals surface area contributed by atoms with Crippen molar-refractivity contribution in [2.75, 3.05) is 38.0 Å². The SMILES string of the molecule is CC(=O)N1CCN(C(=O)CCNc2ccc(Cl)cc2C(F)(F)F)CC1. The number of carbonyl (C=O) groups is 2. The van der Waals surface area contributed by atoms with Crippen LogP contribution < -0.4 is 5.32 Å². The van der Waals surface area contributed by atoms with Crippen molar-refractivity contribution in [2.45, 2.75) is 19.5 Å². The Kier molecular flexibility index (Phi) is 6.16. The largest absolute Gasteiger partial charge is 0.418 e. The van der Waals surface area contributed by atoms with Crippen LogP contribution in [0.4, 0.5) is 18.9 Å². The lowest BCUT2D eigenvalue weighted by atomic mass is 10.1. The molecule has 0 atom stereocenters. The normalized spacial score (nSPS) is 15.2. The number of piperazine rings is 1. The maximum absolute atomic E-state index is 13.0. The number of hydrogen-bond acceptors (Lipinski definition) is 3. The Morgan fingerprint density at radius 3 is 2.32 bits per heavy atom. The van der Waals surface area contributed by atoms with Crippen LogP contribution in [0.1, 0.15) is 18.9 Å². The van der Waals surface area contributed by atoms with Crippen molar-refractivity contribution in [3.63, 3.8) is 0 Å². The molecule has 1 fully saturated rings. The molecule has 0 aromatic heterocycles. The third-order valence-electron chi connectivity index (χ3n) is 4.02. The summed E-state index contributed by atoms with van der Waals surface area (Å²) in [5, 5.41) is 2.65. The van der Waals surface area contributed by atoms with E-state index in [4.69, 9.17) is 11.6 Å². The smallest absolute Gasteiger partial charge is 0.384 e. The predicted octanol–water partition coefficient (Wildman–Crippen LogP) is 2.85. The third-order valence-corrected chi connectivity index (χ3v) is 4.25. The van der Waals surface area contributed by atoms with Crippen molar-refractivity contribution in [3.8, 4) is 0 Å². The van der Waals surface area contributed by atoms with E-state index in [0.29, 0.717) is 26.2 Å². The second-order valence-corrected chi connectivity index (χ2v) is 6.19. The molecule has 1 aliphatic rings. The standard InChI is InChI=1S/C16H19ClF3N3O2/c1-11(24)22-6-8-23(9-7-22)15(25)4-5-21-14-3-2-12(17)10-13(14)16(18,19)20/h2-3,10,21H,4-9H2,1H3. The number of carbonyl (C=O) groups excluding carboxylic acids is 2. The minimum atomic E-state index is -4.53. The van der Waals surface area contributed by atoms with Crippen molar-refractivity contribution in [2.24, 2.45) is 0 Å². The zero-order valence-electron chi connectivity index (χ0n) is 13.7. The highest BCUT2D eigenvalue weighted by atomic mass is 35.5. The number of rotatable bonds is 4. The molecule has 1 aromatic carbocycles. The average Bonchev–Trinajstić information content (AvgIpc) is 2.55. The predicted molar refractivity (Wildman–Crippen MR) is 88.4 cm³/mol. The van der Waals surface area contributed by atoms with Crippen LogP contribution in [0.5, 0.6) is 0 Å². The first-order valence-electron chi connectivity index (χ1n) is 7.82. The number of hydrogen-bond donors (Lipinski definition) is 1. The van der Waals surface area contributed by atoms with Gasteiger partial charge in [0.05, 0.1) is 5.56 Å². The van der Waals surface area contributed by atoms with Gasteiger partial charge in [-0.3, -0.25) is 9.59 Å². The molecule has 1 aromatic rings. The minimum Gasteiger partial charge on any atom is -0.384 e. The molecule has 0 unspecified atom stereocenters. The molecule has 0 saturated carbocycles. The van der Waals surface area contributed by atoms with Crippen molar-refractivity contribution >= 4 is 29.1 Å². The molecule has 25 heavy (non-hydrogen) atoms. The van der Waals surface area contributed by atoms with Gasteiger partial charge in [0.1, 0.15) is 0 Å². The molecule has 5 nitrogen and oxygen atoms in total. The van der Waals surface area contributed by atoms with Crippen molar-refractivity contribution in [1.82, 2.24) is 9.80 Å². The first-order valence-corrected chi connectivity index (χ1v) is 8.20. The van der Waals surface area contributed by atoms with Crippen molar-refractivity contribution in [3.05, 3.63) is 28.8 Å². The van der Waals surface area contributed by atoms with Gasteiger partial charge in [-0.15, -0.1) is 0 Å². The van der Waals surface area contributed by atoms with Crippen LogP contribution in [0.15, 0.2) is 18.2 Å². The van der Waals surface area contributed by atoms with Crippen molar-refractivity contribution in [1.29, 1.82) is 0 Å². The molecule has 1 aliphatic heterocycles. The van der Waals surface area contributed by atoms with E-state index in [2.05, 4.69) is 5.32 Å². The van der Waals surface area contributed by atoms with Gasteiger partial charge in [0, 0.05) is 56.8 Å². The molecule has 2 amide bonds. The number of amides is 2. The summed E-state index contributed by atoms with van der Waals surface area (Å²) in [6.45, 7) is 3.39. The number of halogens is 4. The Morgan fingerprint density at radius 1 is 1.16 bits per heavy atom. The molecule has 1 heterocycles. The fraction of sp³-hybridized carbons (Fsp3) is 0.500. The van der Waals surface area contributed by atoms with E-state index in [9.17, 15) is 22.8 Å². The highest BCUT2D eigenvalue weighted by Gasteiger charge is 2.33. The monoisotopic (exact) mass is 377 g/mol. The third kappa shape index (κ3) is 5.26. The topological polar surface area (TPSA) is 52.7 Å². The number of nitrogens with one attached hydrogen (secondary N) is 1. The van der Waals surface area contributed by atoms with Gasteiger partial charge >= 0.3 is 6.18 Å². The number of alkyl halides is 3. The van der Waals surface area contributed by atoms with Crippen LogP contribution in [0.25, 0.3) is 0 Å². The molecule has 2 rings (SSSR count). The maximum Gasteiger partial charge on any atom is 0.418 e. The molecule has 0 bridgehead atoms. The first-order chi connectivity index (χ1) is 11.7. The van der Waals surface area contributed by atoms with Gasteiger partial charge in [-0.1, -0.05) is 11.6 Å². The second kappa shape index (κ2) is 7.95. The molecule has 0 spiro atoms. The van der Waals surface area contributed by atoms with Crippen LogP contribution in [-0.2, 0) is 15.8 Å². The first kappa shape index (κ1) is 19.4. The van der Waals surface area contributed by atoms with Crippen LogP contribution in [0.3, 0.4) is 0 Å². The van der Waals surface area contributed by atoms with E-state index in [-0.39, 0.29) is 35.5 Å². The van der Waals surface area contributed by atoms with E-state index in [1.54, 1.807) is 9.80 Å². The van der Waals surface area contributed by atoms with Crippen molar-refractivity contribution < 1.29 is 22.8 Å². The Balaban J connectivity index is 1.87. The summed E-state index contributed by atoms with van der Waals surface area (Å²) in [4.78, 5) is 26.7. The van der Waals surface area contributed by atoms with Gasteiger partial charge in [0.25, 0.3) is 0 Å². The van der Waals surface area contributed by atoms with Crippen LogP contribution in [0, 0.1) is 0 Å². The summed E-state index contributed by atoms with van der Waals surface area (Å²) in [5.74, 6) is -0.186. The minimum absolute atomic E-state index is 0.00251. The zero-order valence-corrected chi connectivity index (χ0v) is 14.5. The molecular weight excluding hydrogens is 359 g/mol. The summed E-state index contributed by atoms with van der Waals surface area (Å²) in [6, 6.07) is 3.47. The van der Waals surface area contributed by atoms with Gasteiger partial charge in [0.2, 0.25) is 11.8 Å². The van der Waals surface area contributed by atoms with E-state index >= 15 is 0 Å². The Hall–Kier alpha value is -1.96. The molecule has 0 radical (unpaired) electrons. The fourth-order valence-corrected chi connectivity index (χ4v) is 2.81. The van der Waals surface area contributed by atoms with E-state index in [0.717, 1.165) is 6.07 Å². The molecule has 0 aliphatic carbocycles. The van der Waals surface area contributed by atoms with Gasteiger partial charge in [0.15, 0.2) is 0 Å². The Bertz CT molecular complexity index is 644. The van der Waals surface area contributed by atoms with Gasteiger partial charge in [-0.25, -0.2) is 0 Å². The lowest BCUT2D eigenvalue weighted by Gasteiger charge is -2.34. The lowest BCUT2D eigenvalue weighted by molar-refractivity contribution is -0.138. The van der Waals surface area contributed by atoms with Gasteiger partial charge in [-0.2, -0.15) is 13.2 Å². The van der Waals surface area contributed by atoms with E-state index < -0.39 is 11.7 Å². The van der Waals surface area contributed by atoms with E-state index in [1.807, 2.05) is 0 Å². The Labute approximate surface area is 148 Å². The summed E-state index contributed by atoms with van der Waals surface area (Å²) < 4.78 is 39.0. The quantitative estimate of drug-likeness (QED) is 0.877. The fourth-order valence-electron chi connectivity index (χ4n) is 2.64.